The maximum Gasteiger partial charge on any atom is 0.224 e. The summed E-state index contributed by atoms with van der Waals surface area (Å²) in [5.74, 6) is 0.771. The SMILES string of the molecule is O=C(CC[C@@H]1CCCO1)Nc1ccc(-n2ccnc2)nc1. The van der Waals surface area contributed by atoms with Crippen molar-refractivity contribution >= 4 is 11.6 Å². The lowest BCUT2D eigenvalue weighted by atomic mass is 10.1. The van der Waals surface area contributed by atoms with Crippen LogP contribution in [0.4, 0.5) is 5.69 Å². The molecule has 1 aliphatic rings. The lowest BCUT2D eigenvalue weighted by Gasteiger charge is -2.09. The van der Waals surface area contributed by atoms with Crippen molar-refractivity contribution in [1.29, 1.82) is 0 Å². The van der Waals surface area contributed by atoms with Crippen molar-refractivity contribution in [1.82, 2.24) is 14.5 Å². The van der Waals surface area contributed by atoms with E-state index in [1.54, 1.807) is 18.7 Å². The van der Waals surface area contributed by atoms with Crippen LogP contribution < -0.4 is 5.32 Å². The molecule has 1 N–H and O–H groups in total. The number of pyridine rings is 1. The van der Waals surface area contributed by atoms with Gasteiger partial charge in [-0.1, -0.05) is 0 Å². The second-order valence-corrected chi connectivity index (χ2v) is 5.10. The molecule has 1 aliphatic heterocycles. The van der Waals surface area contributed by atoms with Gasteiger partial charge in [0.2, 0.25) is 5.91 Å². The van der Waals surface area contributed by atoms with E-state index in [-0.39, 0.29) is 12.0 Å². The summed E-state index contributed by atoms with van der Waals surface area (Å²) in [6.45, 7) is 0.825. The third kappa shape index (κ3) is 3.66. The van der Waals surface area contributed by atoms with E-state index >= 15 is 0 Å². The summed E-state index contributed by atoms with van der Waals surface area (Å²) < 4.78 is 7.32. The molecule has 0 aliphatic carbocycles. The predicted molar refractivity (Wildman–Crippen MR) is 78.2 cm³/mol. The molecule has 2 aromatic heterocycles. The summed E-state index contributed by atoms with van der Waals surface area (Å²) in [4.78, 5) is 20.1. The van der Waals surface area contributed by atoms with Gasteiger partial charge < -0.3 is 10.1 Å². The van der Waals surface area contributed by atoms with Gasteiger partial charge in [0.1, 0.15) is 12.1 Å². The molecule has 6 heteroatoms. The smallest absolute Gasteiger partial charge is 0.224 e. The number of anilines is 1. The van der Waals surface area contributed by atoms with E-state index in [9.17, 15) is 4.79 Å². The highest BCUT2D eigenvalue weighted by Crippen LogP contribution is 2.17. The van der Waals surface area contributed by atoms with E-state index in [0.717, 1.165) is 31.7 Å². The zero-order chi connectivity index (χ0) is 14.5. The maximum absolute atomic E-state index is 11.9. The molecule has 110 valence electrons. The minimum atomic E-state index is 0.00248. The Kier molecular flexibility index (Phi) is 4.25. The van der Waals surface area contributed by atoms with E-state index in [2.05, 4.69) is 15.3 Å². The first-order valence-corrected chi connectivity index (χ1v) is 7.17. The van der Waals surface area contributed by atoms with Gasteiger partial charge in [0.25, 0.3) is 0 Å². The number of amides is 1. The number of ether oxygens (including phenoxy) is 1. The molecular formula is C15H18N4O2. The van der Waals surface area contributed by atoms with Gasteiger partial charge in [-0.2, -0.15) is 0 Å². The maximum atomic E-state index is 11.9. The second kappa shape index (κ2) is 6.49. The minimum absolute atomic E-state index is 0.00248. The third-order valence-corrected chi connectivity index (χ3v) is 3.52. The third-order valence-electron chi connectivity index (χ3n) is 3.52. The van der Waals surface area contributed by atoms with Crippen molar-refractivity contribution < 1.29 is 9.53 Å². The van der Waals surface area contributed by atoms with Crippen LogP contribution in [0.15, 0.2) is 37.1 Å². The molecule has 3 heterocycles. The fourth-order valence-electron chi connectivity index (χ4n) is 2.39. The largest absolute Gasteiger partial charge is 0.378 e. The standard InChI is InChI=1S/C15H18N4O2/c20-15(6-4-13-2-1-9-21-13)18-12-3-5-14(17-10-12)19-8-7-16-11-19/h3,5,7-8,10-11,13H,1-2,4,6,9H2,(H,18,20)/t13-/m0/s1. The van der Waals surface area contributed by atoms with Crippen LogP contribution in [0.25, 0.3) is 5.82 Å². The van der Waals surface area contributed by atoms with Crippen molar-refractivity contribution in [2.45, 2.75) is 31.8 Å². The monoisotopic (exact) mass is 286 g/mol. The first-order chi connectivity index (χ1) is 10.3. The molecule has 0 radical (unpaired) electrons. The summed E-state index contributed by atoms with van der Waals surface area (Å²) >= 11 is 0. The summed E-state index contributed by atoms with van der Waals surface area (Å²) in [5.41, 5.74) is 0.705. The van der Waals surface area contributed by atoms with Gasteiger partial charge in [-0.25, -0.2) is 9.97 Å². The quantitative estimate of drug-likeness (QED) is 0.914. The Bertz CT molecular complexity index is 574. The lowest BCUT2D eigenvalue weighted by Crippen LogP contribution is -2.15. The fourth-order valence-corrected chi connectivity index (χ4v) is 2.39. The number of hydrogen-bond acceptors (Lipinski definition) is 4. The molecule has 1 fully saturated rings. The van der Waals surface area contributed by atoms with Crippen molar-refractivity contribution in [3.05, 3.63) is 37.1 Å². The van der Waals surface area contributed by atoms with Crippen molar-refractivity contribution in [3.63, 3.8) is 0 Å². The molecule has 6 nitrogen and oxygen atoms in total. The van der Waals surface area contributed by atoms with Crippen LogP contribution >= 0.6 is 0 Å². The lowest BCUT2D eigenvalue weighted by molar-refractivity contribution is -0.116. The number of aromatic nitrogens is 3. The molecule has 0 unspecified atom stereocenters. The number of carbonyl (C=O) groups is 1. The van der Waals surface area contributed by atoms with Crippen LogP contribution in [0.2, 0.25) is 0 Å². The molecule has 2 aromatic rings. The van der Waals surface area contributed by atoms with Crippen LogP contribution in [0.5, 0.6) is 0 Å². The number of hydrogen-bond donors (Lipinski definition) is 1. The average molecular weight is 286 g/mol. The molecule has 1 amide bonds. The summed E-state index contributed by atoms with van der Waals surface area (Å²) in [5, 5.41) is 2.86. The first kappa shape index (κ1) is 13.8. The van der Waals surface area contributed by atoms with E-state index in [4.69, 9.17) is 4.74 Å². The van der Waals surface area contributed by atoms with Gasteiger partial charge in [-0.3, -0.25) is 9.36 Å². The van der Waals surface area contributed by atoms with Crippen molar-refractivity contribution in [2.24, 2.45) is 0 Å². The molecule has 3 rings (SSSR count). The number of nitrogens with one attached hydrogen (secondary N) is 1. The van der Waals surface area contributed by atoms with E-state index in [1.807, 2.05) is 22.9 Å². The predicted octanol–water partition coefficient (Wildman–Crippen LogP) is 2.17. The Morgan fingerprint density at radius 3 is 3.10 bits per heavy atom. The fraction of sp³-hybridized carbons (Fsp3) is 0.400. The zero-order valence-corrected chi connectivity index (χ0v) is 11.7. The Hall–Kier alpha value is -2.21. The topological polar surface area (TPSA) is 69.0 Å². The molecule has 0 saturated carbocycles. The highest BCUT2D eigenvalue weighted by atomic mass is 16.5. The summed E-state index contributed by atoms with van der Waals surface area (Å²) in [6.07, 6.45) is 10.5. The highest BCUT2D eigenvalue weighted by Gasteiger charge is 2.16. The van der Waals surface area contributed by atoms with Crippen LogP contribution in [0.3, 0.4) is 0 Å². The second-order valence-electron chi connectivity index (χ2n) is 5.10. The van der Waals surface area contributed by atoms with E-state index in [1.165, 1.54) is 0 Å². The Labute approximate surface area is 123 Å². The minimum Gasteiger partial charge on any atom is -0.378 e. The molecule has 0 spiro atoms. The van der Waals surface area contributed by atoms with Gasteiger partial charge in [0, 0.05) is 25.4 Å². The van der Waals surface area contributed by atoms with Crippen LogP contribution in [0, 0.1) is 0 Å². The highest BCUT2D eigenvalue weighted by molar-refractivity contribution is 5.90. The molecule has 1 saturated heterocycles. The number of imidazole rings is 1. The Morgan fingerprint density at radius 1 is 1.48 bits per heavy atom. The van der Waals surface area contributed by atoms with Crippen LogP contribution in [-0.4, -0.2) is 33.2 Å². The number of carbonyl (C=O) groups excluding carboxylic acids is 1. The van der Waals surface area contributed by atoms with Gasteiger partial charge in [0.05, 0.1) is 18.0 Å². The van der Waals surface area contributed by atoms with Crippen LogP contribution in [0.1, 0.15) is 25.7 Å². The Morgan fingerprint density at radius 2 is 2.43 bits per heavy atom. The molecule has 21 heavy (non-hydrogen) atoms. The van der Waals surface area contributed by atoms with Gasteiger partial charge in [-0.05, 0) is 31.4 Å². The molecule has 1 atom stereocenters. The first-order valence-electron chi connectivity index (χ1n) is 7.17. The number of rotatable bonds is 5. The van der Waals surface area contributed by atoms with Crippen LogP contribution in [-0.2, 0) is 9.53 Å². The van der Waals surface area contributed by atoms with Crippen molar-refractivity contribution in [3.8, 4) is 5.82 Å². The van der Waals surface area contributed by atoms with E-state index in [0.29, 0.717) is 12.1 Å². The molecule has 0 bridgehead atoms. The van der Waals surface area contributed by atoms with Crippen molar-refractivity contribution in [2.75, 3.05) is 11.9 Å². The summed E-state index contributed by atoms with van der Waals surface area (Å²) in [7, 11) is 0. The molecule has 0 aromatic carbocycles. The normalized spacial score (nSPS) is 17.8. The summed E-state index contributed by atoms with van der Waals surface area (Å²) in [6, 6.07) is 3.68. The van der Waals surface area contributed by atoms with Gasteiger partial charge >= 0.3 is 0 Å². The average Bonchev–Trinajstić information content (AvgIpc) is 3.19. The van der Waals surface area contributed by atoms with Gasteiger partial charge in [0.15, 0.2) is 0 Å². The zero-order valence-electron chi connectivity index (χ0n) is 11.7. The Balaban J connectivity index is 1.51. The van der Waals surface area contributed by atoms with Gasteiger partial charge in [-0.15, -0.1) is 0 Å². The molecular weight excluding hydrogens is 268 g/mol. The van der Waals surface area contributed by atoms with E-state index < -0.39 is 0 Å². The number of nitrogens with zero attached hydrogens (tertiary/aromatic N) is 3.